The molecule has 3 nitrogen and oxygen atoms in total. The van der Waals surface area contributed by atoms with Crippen molar-refractivity contribution in [3.8, 4) is 5.88 Å². The molecule has 10 heavy (non-hydrogen) atoms. The number of hydrogen-bond donors (Lipinski definition) is 1. The molecule has 0 aliphatic rings. The topological polar surface area (TPSA) is 48.1 Å². The average molecular weight is 138 g/mol. The zero-order valence-corrected chi connectivity index (χ0v) is 5.87. The first-order chi connectivity index (χ1) is 4.86. The molecule has 0 saturated heterocycles. The van der Waals surface area contributed by atoms with Crippen molar-refractivity contribution < 1.29 is 4.74 Å². The van der Waals surface area contributed by atoms with Crippen LogP contribution in [-0.4, -0.2) is 12.1 Å². The molecule has 0 bridgehead atoms. The Bertz CT molecular complexity index is 193. The molecule has 0 fully saturated rings. The average Bonchev–Trinajstić information content (AvgIpc) is 2.05. The third-order valence-electron chi connectivity index (χ3n) is 1.20. The van der Waals surface area contributed by atoms with Crippen LogP contribution >= 0.6 is 0 Å². The summed E-state index contributed by atoms with van der Waals surface area (Å²) in [5.41, 5.74) is 6.20. The fourth-order valence-corrected chi connectivity index (χ4v) is 0.685. The van der Waals surface area contributed by atoms with Crippen LogP contribution in [-0.2, 0) is 6.54 Å². The highest BCUT2D eigenvalue weighted by atomic mass is 16.5. The normalized spacial score (nSPS) is 9.40. The Balaban J connectivity index is 2.87. The van der Waals surface area contributed by atoms with Crippen molar-refractivity contribution >= 4 is 0 Å². The maximum Gasteiger partial charge on any atom is 0.213 e. The molecule has 1 aromatic heterocycles. The second-order valence-corrected chi connectivity index (χ2v) is 1.88. The fraction of sp³-hybridized carbons (Fsp3) is 0.286. The molecule has 0 unspecified atom stereocenters. The Morgan fingerprint density at radius 1 is 1.60 bits per heavy atom. The lowest BCUT2D eigenvalue weighted by molar-refractivity contribution is 0.396. The van der Waals surface area contributed by atoms with E-state index in [9.17, 15) is 0 Å². The smallest absolute Gasteiger partial charge is 0.213 e. The van der Waals surface area contributed by atoms with E-state index < -0.39 is 0 Å². The molecule has 0 radical (unpaired) electrons. The summed E-state index contributed by atoms with van der Waals surface area (Å²) in [6.45, 7) is 0.456. The summed E-state index contributed by atoms with van der Waals surface area (Å²) in [5.74, 6) is 0.614. The SMILES string of the molecule is COc1cccc(CN)n1. The second kappa shape index (κ2) is 3.17. The van der Waals surface area contributed by atoms with E-state index in [1.807, 2.05) is 12.1 Å². The zero-order chi connectivity index (χ0) is 7.40. The van der Waals surface area contributed by atoms with Gasteiger partial charge in [0.05, 0.1) is 12.8 Å². The lowest BCUT2D eigenvalue weighted by Crippen LogP contribution is -1.99. The minimum atomic E-state index is 0.456. The summed E-state index contributed by atoms with van der Waals surface area (Å²) in [6, 6.07) is 5.52. The van der Waals surface area contributed by atoms with Gasteiger partial charge in [-0.3, -0.25) is 0 Å². The Morgan fingerprint density at radius 3 is 3.00 bits per heavy atom. The van der Waals surface area contributed by atoms with Crippen molar-refractivity contribution in [2.24, 2.45) is 5.73 Å². The van der Waals surface area contributed by atoms with Crippen molar-refractivity contribution in [3.05, 3.63) is 23.9 Å². The van der Waals surface area contributed by atoms with E-state index in [-0.39, 0.29) is 0 Å². The van der Waals surface area contributed by atoms with E-state index in [0.29, 0.717) is 12.4 Å². The van der Waals surface area contributed by atoms with Crippen LogP contribution in [0.25, 0.3) is 0 Å². The zero-order valence-electron chi connectivity index (χ0n) is 5.87. The van der Waals surface area contributed by atoms with Gasteiger partial charge in [0.25, 0.3) is 0 Å². The van der Waals surface area contributed by atoms with Crippen LogP contribution in [0.2, 0.25) is 0 Å². The molecule has 0 saturated carbocycles. The number of pyridine rings is 1. The van der Waals surface area contributed by atoms with E-state index in [1.165, 1.54) is 0 Å². The van der Waals surface area contributed by atoms with E-state index >= 15 is 0 Å². The molecule has 2 N–H and O–H groups in total. The third kappa shape index (κ3) is 1.45. The van der Waals surface area contributed by atoms with Gasteiger partial charge in [-0.1, -0.05) is 6.07 Å². The van der Waals surface area contributed by atoms with Crippen molar-refractivity contribution in [2.75, 3.05) is 7.11 Å². The monoisotopic (exact) mass is 138 g/mol. The minimum absolute atomic E-state index is 0.456. The molecule has 1 heterocycles. The molecular formula is C7H10N2O. The number of aromatic nitrogens is 1. The van der Waals surface area contributed by atoms with Crippen LogP contribution in [0, 0.1) is 0 Å². The first-order valence-corrected chi connectivity index (χ1v) is 3.07. The number of ether oxygens (including phenoxy) is 1. The van der Waals surface area contributed by atoms with E-state index in [1.54, 1.807) is 13.2 Å². The van der Waals surface area contributed by atoms with Crippen LogP contribution in [0.15, 0.2) is 18.2 Å². The molecule has 1 rings (SSSR count). The van der Waals surface area contributed by atoms with Crippen LogP contribution < -0.4 is 10.5 Å². The molecule has 0 aliphatic carbocycles. The minimum Gasteiger partial charge on any atom is -0.481 e. The van der Waals surface area contributed by atoms with Gasteiger partial charge in [-0.25, -0.2) is 4.98 Å². The Kier molecular flexibility index (Phi) is 2.23. The van der Waals surface area contributed by atoms with Crippen LogP contribution in [0.5, 0.6) is 5.88 Å². The fourth-order valence-electron chi connectivity index (χ4n) is 0.685. The Hall–Kier alpha value is -1.09. The van der Waals surface area contributed by atoms with Gasteiger partial charge in [0.2, 0.25) is 5.88 Å². The summed E-state index contributed by atoms with van der Waals surface area (Å²) in [5, 5.41) is 0. The number of rotatable bonds is 2. The van der Waals surface area contributed by atoms with Gasteiger partial charge >= 0.3 is 0 Å². The number of nitrogens with two attached hydrogens (primary N) is 1. The van der Waals surface area contributed by atoms with Gasteiger partial charge < -0.3 is 10.5 Å². The maximum absolute atomic E-state index is 5.36. The van der Waals surface area contributed by atoms with Crippen molar-refractivity contribution in [1.82, 2.24) is 4.98 Å². The highest BCUT2D eigenvalue weighted by Gasteiger charge is 1.92. The number of hydrogen-bond acceptors (Lipinski definition) is 3. The van der Waals surface area contributed by atoms with Crippen molar-refractivity contribution in [3.63, 3.8) is 0 Å². The Labute approximate surface area is 59.8 Å². The standard InChI is InChI=1S/C7H10N2O/c1-10-7-4-2-3-6(5-8)9-7/h2-4H,5,8H2,1H3. The predicted molar refractivity (Wildman–Crippen MR) is 38.7 cm³/mol. The first kappa shape index (κ1) is 7.02. The molecule has 0 spiro atoms. The highest BCUT2D eigenvalue weighted by molar-refractivity contribution is 5.15. The molecule has 0 aromatic carbocycles. The van der Waals surface area contributed by atoms with Crippen molar-refractivity contribution in [2.45, 2.75) is 6.54 Å². The predicted octanol–water partition coefficient (Wildman–Crippen LogP) is 0.549. The quantitative estimate of drug-likeness (QED) is 0.649. The second-order valence-electron chi connectivity index (χ2n) is 1.88. The molecular weight excluding hydrogens is 128 g/mol. The maximum atomic E-state index is 5.36. The van der Waals surface area contributed by atoms with Crippen LogP contribution in [0.3, 0.4) is 0 Å². The summed E-state index contributed by atoms with van der Waals surface area (Å²) in [4.78, 5) is 4.06. The van der Waals surface area contributed by atoms with Gasteiger partial charge in [-0.2, -0.15) is 0 Å². The molecule has 0 atom stereocenters. The molecule has 3 heteroatoms. The summed E-state index contributed by atoms with van der Waals surface area (Å²) in [7, 11) is 1.59. The third-order valence-corrected chi connectivity index (χ3v) is 1.20. The van der Waals surface area contributed by atoms with Crippen molar-refractivity contribution in [1.29, 1.82) is 0 Å². The van der Waals surface area contributed by atoms with Crippen LogP contribution in [0.4, 0.5) is 0 Å². The molecule has 1 aromatic rings. The van der Waals surface area contributed by atoms with Gasteiger partial charge in [0.1, 0.15) is 0 Å². The highest BCUT2D eigenvalue weighted by Crippen LogP contribution is 2.04. The molecule has 0 aliphatic heterocycles. The summed E-state index contributed by atoms with van der Waals surface area (Å²) < 4.78 is 4.89. The largest absolute Gasteiger partial charge is 0.481 e. The first-order valence-electron chi connectivity index (χ1n) is 3.07. The van der Waals surface area contributed by atoms with E-state index in [4.69, 9.17) is 10.5 Å². The van der Waals surface area contributed by atoms with Crippen LogP contribution in [0.1, 0.15) is 5.69 Å². The summed E-state index contributed by atoms with van der Waals surface area (Å²) in [6.07, 6.45) is 0. The lowest BCUT2D eigenvalue weighted by Gasteiger charge is -1.98. The Morgan fingerprint density at radius 2 is 2.40 bits per heavy atom. The number of nitrogens with zero attached hydrogens (tertiary/aromatic N) is 1. The van der Waals surface area contributed by atoms with E-state index in [2.05, 4.69) is 4.98 Å². The van der Waals surface area contributed by atoms with Gasteiger partial charge in [-0.05, 0) is 6.07 Å². The van der Waals surface area contributed by atoms with Gasteiger partial charge in [0, 0.05) is 12.6 Å². The molecule has 54 valence electrons. The number of methoxy groups -OCH3 is 1. The molecule has 0 amide bonds. The van der Waals surface area contributed by atoms with E-state index in [0.717, 1.165) is 5.69 Å². The summed E-state index contributed by atoms with van der Waals surface area (Å²) >= 11 is 0. The van der Waals surface area contributed by atoms with Gasteiger partial charge in [0.15, 0.2) is 0 Å². The lowest BCUT2D eigenvalue weighted by atomic mass is 10.3. The van der Waals surface area contributed by atoms with Gasteiger partial charge in [-0.15, -0.1) is 0 Å².